The molecule has 1 rings (SSSR count). The minimum absolute atomic E-state index is 0.416. The van der Waals surface area contributed by atoms with Gasteiger partial charge in [0.2, 0.25) is 0 Å². The number of likely N-dealkylation sites (N-methyl/N-ethyl adjacent to an activating group) is 1. The molecule has 0 aliphatic heterocycles. The van der Waals surface area contributed by atoms with Crippen molar-refractivity contribution in [1.82, 2.24) is 10.2 Å². The molecule has 2 nitrogen and oxygen atoms in total. The van der Waals surface area contributed by atoms with Crippen LogP contribution in [-0.2, 0) is 0 Å². The Morgan fingerprint density at radius 3 is 2.25 bits per heavy atom. The Morgan fingerprint density at radius 2 is 1.65 bits per heavy atom. The van der Waals surface area contributed by atoms with Crippen molar-refractivity contribution in [2.24, 2.45) is 0 Å². The minimum atomic E-state index is 0.416. The van der Waals surface area contributed by atoms with Crippen molar-refractivity contribution in [3.8, 4) is 0 Å². The van der Waals surface area contributed by atoms with Crippen LogP contribution in [0.25, 0.3) is 0 Å². The van der Waals surface area contributed by atoms with E-state index in [1.165, 1.54) is 28.7 Å². The summed E-state index contributed by atoms with van der Waals surface area (Å²) in [7, 11) is 2.21. The first kappa shape index (κ1) is 17.2. The summed E-state index contributed by atoms with van der Waals surface area (Å²) in [6, 6.07) is 5.71. The second kappa shape index (κ2) is 7.80. The monoisotopic (exact) mass is 276 g/mol. The summed E-state index contributed by atoms with van der Waals surface area (Å²) in [6.45, 7) is 15.5. The number of hydrogen-bond acceptors (Lipinski definition) is 2. The van der Waals surface area contributed by atoms with Gasteiger partial charge in [-0.05, 0) is 70.3 Å². The van der Waals surface area contributed by atoms with Crippen LogP contribution in [0.4, 0.5) is 0 Å². The molecule has 1 aromatic carbocycles. The normalized spacial score (nSPS) is 14.6. The number of nitrogens with zero attached hydrogens (tertiary/aromatic N) is 1. The molecule has 2 atom stereocenters. The van der Waals surface area contributed by atoms with Crippen LogP contribution in [0.3, 0.4) is 0 Å². The van der Waals surface area contributed by atoms with E-state index in [1.54, 1.807) is 0 Å². The SMILES string of the molecule is CCC(C)N(C)CCNC(C)c1cc(C)c(C)cc1C. The zero-order chi connectivity index (χ0) is 15.3. The summed E-state index contributed by atoms with van der Waals surface area (Å²) in [5.41, 5.74) is 5.59. The molecule has 1 aromatic rings. The van der Waals surface area contributed by atoms with Gasteiger partial charge in [-0.15, -0.1) is 0 Å². The van der Waals surface area contributed by atoms with E-state index in [0.29, 0.717) is 12.1 Å². The van der Waals surface area contributed by atoms with Gasteiger partial charge in [0.25, 0.3) is 0 Å². The topological polar surface area (TPSA) is 15.3 Å². The van der Waals surface area contributed by atoms with Crippen LogP contribution in [0, 0.1) is 20.8 Å². The molecule has 0 saturated carbocycles. The van der Waals surface area contributed by atoms with E-state index >= 15 is 0 Å². The summed E-state index contributed by atoms with van der Waals surface area (Å²) in [5.74, 6) is 0. The highest BCUT2D eigenvalue weighted by molar-refractivity contribution is 5.37. The van der Waals surface area contributed by atoms with Crippen molar-refractivity contribution in [3.05, 3.63) is 34.4 Å². The second-order valence-electron chi connectivity index (χ2n) is 6.21. The third kappa shape index (κ3) is 4.60. The van der Waals surface area contributed by atoms with Gasteiger partial charge in [-0.2, -0.15) is 0 Å². The van der Waals surface area contributed by atoms with Gasteiger partial charge in [-0.1, -0.05) is 19.1 Å². The van der Waals surface area contributed by atoms with Crippen LogP contribution in [0.2, 0.25) is 0 Å². The van der Waals surface area contributed by atoms with Crippen molar-refractivity contribution in [2.75, 3.05) is 20.1 Å². The highest BCUT2D eigenvalue weighted by Gasteiger charge is 2.11. The standard InChI is InChI=1S/C18H32N2/c1-8-16(5)20(7)10-9-19-17(6)18-12-14(3)13(2)11-15(18)4/h11-12,16-17,19H,8-10H2,1-7H3. The first-order chi connectivity index (χ1) is 9.36. The lowest BCUT2D eigenvalue weighted by molar-refractivity contribution is 0.249. The smallest absolute Gasteiger partial charge is 0.0295 e. The van der Waals surface area contributed by atoms with Crippen molar-refractivity contribution < 1.29 is 0 Å². The molecule has 2 unspecified atom stereocenters. The van der Waals surface area contributed by atoms with E-state index in [9.17, 15) is 0 Å². The number of aryl methyl sites for hydroxylation is 3. The van der Waals surface area contributed by atoms with Gasteiger partial charge in [-0.25, -0.2) is 0 Å². The number of rotatable bonds is 7. The van der Waals surface area contributed by atoms with Gasteiger partial charge in [0.05, 0.1) is 0 Å². The van der Waals surface area contributed by atoms with Crippen LogP contribution in [0.15, 0.2) is 12.1 Å². The van der Waals surface area contributed by atoms with Crippen LogP contribution < -0.4 is 5.32 Å². The van der Waals surface area contributed by atoms with Gasteiger partial charge in [0.15, 0.2) is 0 Å². The fourth-order valence-corrected chi connectivity index (χ4v) is 2.55. The molecule has 0 aliphatic rings. The summed E-state index contributed by atoms with van der Waals surface area (Å²) in [4.78, 5) is 2.42. The number of nitrogens with one attached hydrogen (secondary N) is 1. The summed E-state index contributed by atoms with van der Waals surface area (Å²) < 4.78 is 0. The van der Waals surface area contributed by atoms with E-state index in [1.807, 2.05) is 0 Å². The Bertz CT molecular complexity index is 426. The molecule has 0 aliphatic carbocycles. The van der Waals surface area contributed by atoms with Crippen LogP contribution >= 0.6 is 0 Å². The first-order valence-corrected chi connectivity index (χ1v) is 7.88. The fourth-order valence-electron chi connectivity index (χ4n) is 2.55. The Kier molecular flexibility index (Phi) is 6.70. The minimum Gasteiger partial charge on any atom is -0.309 e. The molecule has 2 heteroatoms. The molecule has 114 valence electrons. The molecule has 0 saturated heterocycles. The van der Waals surface area contributed by atoms with Crippen LogP contribution in [0.1, 0.15) is 55.5 Å². The molecule has 0 amide bonds. The Hall–Kier alpha value is -0.860. The van der Waals surface area contributed by atoms with E-state index in [2.05, 4.69) is 70.9 Å². The van der Waals surface area contributed by atoms with E-state index in [-0.39, 0.29) is 0 Å². The average Bonchev–Trinajstić information content (AvgIpc) is 2.41. The summed E-state index contributed by atoms with van der Waals surface area (Å²) in [6.07, 6.45) is 1.21. The maximum atomic E-state index is 3.65. The molecule has 1 N–H and O–H groups in total. The van der Waals surface area contributed by atoms with Crippen molar-refractivity contribution >= 4 is 0 Å². The first-order valence-electron chi connectivity index (χ1n) is 7.88. The number of benzene rings is 1. The van der Waals surface area contributed by atoms with Gasteiger partial charge in [0.1, 0.15) is 0 Å². The molecule has 0 aromatic heterocycles. The lowest BCUT2D eigenvalue weighted by atomic mass is 9.96. The van der Waals surface area contributed by atoms with Gasteiger partial charge in [-0.3, -0.25) is 0 Å². The summed E-state index contributed by atoms with van der Waals surface area (Å²) in [5, 5.41) is 3.65. The van der Waals surface area contributed by atoms with Crippen molar-refractivity contribution in [2.45, 2.75) is 60.0 Å². The van der Waals surface area contributed by atoms with Gasteiger partial charge >= 0.3 is 0 Å². The maximum Gasteiger partial charge on any atom is 0.0295 e. The summed E-state index contributed by atoms with van der Waals surface area (Å²) >= 11 is 0. The maximum absolute atomic E-state index is 3.65. The van der Waals surface area contributed by atoms with Crippen molar-refractivity contribution in [3.63, 3.8) is 0 Å². The number of hydrogen-bond donors (Lipinski definition) is 1. The molecule has 20 heavy (non-hydrogen) atoms. The molecular weight excluding hydrogens is 244 g/mol. The zero-order valence-corrected chi connectivity index (χ0v) is 14.4. The Morgan fingerprint density at radius 1 is 1.05 bits per heavy atom. The molecule has 0 radical (unpaired) electrons. The third-order valence-corrected chi connectivity index (χ3v) is 4.61. The molecule has 0 spiro atoms. The zero-order valence-electron chi connectivity index (χ0n) is 14.4. The largest absolute Gasteiger partial charge is 0.309 e. The Labute approximate surface area is 125 Å². The molecule has 0 fully saturated rings. The molecule has 0 heterocycles. The van der Waals surface area contributed by atoms with Crippen LogP contribution in [-0.4, -0.2) is 31.1 Å². The highest BCUT2D eigenvalue weighted by atomic mass is 15.1. The predicted molar refractivity (Wildman–Crippen MR) is 89.5 cm³/mol. The van der Waals surface area contributed by atoms with Crippen LogP contribution in [0.5, 0.6) is 0 Å². The van der Waals surface area contributed by atoms with Gasteiger partial charge < -0.3 is 10.2 Å². The predicted octanol–water partition coefficient (Wildman–Crippen LogP) is 3.99. The van der Waals surface area contributed by atoms with E-state index in [4.69, 9.17) is 0 Å². The quantitative estimate of drug-likeness (QED) is 0.810. The third-order valence-electron chi connectivity index (χ3n) is 4.61. The fraction of sp³-hybridized carbons (Fsp3) is 0.667. The second-order valence-corrected chi connectivity index (χ2v) is 6.21. The lowest BCUT2D eigenvalue weighted by Gasteiger charge is -2.25. The van der Waals surface area contributed by atoms with Crippen molar-refractivity contribution in [1.29, 1.82) is 0 Å². The Balaban J connectivity index is 2.55. The molecular formula is C18H32N2. The van der Waals surface area contributed by atoms with E-state index < -0.39 is 0 Å². The van der Waals surface area contributed by atoms with Gasteiger partial charge in [0, 0.05) is 25.2 Å². The average molecular weight is 276 g/mol. The lowest BCUT2D eigenvalue weighted by Crippen LogP contribution is -2.35. The highest BCUT2D eigenvalue weighted by Crippen LogP contribution is 2.21. The molecule has 0 bridgehead atoms. The van der Waals surface area contributed by atoms with E-state index in [0.717, 1.165) is 13.1 Å².